The number of likely N-dealkylation sites (N-methyl/N-ethyl adjacent to an activating group) is 1. The molecule has 0 radical (unpaired) electrons. The molecular formula is C18H24N2O. The lowest BCUT2D eigenvalue weighted by Crippen LogP contribution is -2.29. The molecule has 112 valence electrons. The molecule has 0 aliphatic carbocycles. The zero-order valence-electron chi connectivity index (χ0n) is 13.3. The molecule has 2 rings (SSSR count). The molecule has 0 aromatic heterocycles. The van der Waals surface area contributed by atoms with Crippen molar-refractivity contribution in [1.29, 1.82) is 0 Å². The minimum Gasteiger partial charge on any atom is -0.495 e. The van der Waals surface area contributed by atoms with Gasteiger partial charge in [0.05, 0.1) is 12.8 Å². The van der Waals surface area contributed by atoms with Gasteiger partial charge in [-0.25, -0.2) is 0 Å². The summed E-state index contributed by atoms with van der Waals surface area (Å²) in [6, 6.07) is 14.4. The molecule has 0 spiro atoms. The number of nitrogens with zero attached hydrogens (tertiary/aromatic N) is 1. The normalized spacial score (nSPS) is 12.0. The molecule has 0 fully saturated rings. The summed E-state index contributed by atoms with van der Waals surface area (Å²) in [5.41, 5.74) is 11.2. The van der Waals surface area contributed by atoms with E-state index >= 15 is 0 Å². The monoisotopic (exact) mass is 284 g/mol. The van der Waals surface area contributed by atoms with Gasteiger partial charge in [-0.15, -0.1) is 0 Å². The van der Waals surface area contributed by atoms with Gasteiger partial charge in [0, 0.05) is 19.6 Å². The Balaban J connectivity index is 2.14. The van der Waals surface area contributed by atoms with E-state index in [4.69, 9.17) is 10.5 Å². The summed E-state index contributed by atoms with van der Waals surface area (Å²) in [6.07, 6.45) is 0. The van der Waals surface area contributed by atoms with Crippen molar-refractivity contribution in [2.75, 3.05) is 25.6 Å². The molecule has 0 heterocycles. The molecule has 0 aliphatic heterocycles. The predicted molar refractivity (Wildman–Crippen MR) is 89.1 cm³/mol. The van der Waals surface area contributed by atoms with Gasteiger partial charge in [0.1, 0.15) is 5.75 Å². The molecule has 0 saturated carbocycles. The molecule has 0 bridgehead atoms. The van der Waals surface area contributed by atoms with Gasteiger partial charge in [0.25, 0.3) is 0 Å². The Morgan fingerprint density at radius 2 is 1.81 bits per heavy atom. The highest BCUT2D eigenvalue weighted by Gasteiger charge is 2.13. The fraction of sp³-hybridized carbons (Fsp3) is 0.333. The van der Waals surface area contributed by atoms with Crippen molar-refractivity contribution in [2.24, 2.45) is 5.73 Å². The van der Waals surface area contributed by atoms with E-state index < -0.39 is 0 Å². The van der Waals surface area contributed by atoms with Gasteiger partial charge in [-0.1, -0.05) is 30.3 Å². The number of anilines is 1. The first-order valence-corrected chi connectivity index (χ1v) is 7.20. The van der Waals surface area contributed by atoms with Gasteiger partial charge in [-0.3, -0.25) is 0 Å². The molecule has 0 amide bonds. The summed E-state index contributed by atoms with van der Waals surface area (Å²) < 4.78 is 5.41. The van der Waals surface area contributed by atoms with E-state index in [-0.39, 0.29) is 6.04 Å². The zero-order chi connectivity index (χ0) is 15.4. The van der Waals surface area contributed by atoms with Crippen LogP contribution in [0.4, 0.5) is 5.69 Å². The minimum absolute atomic E-state index is 0.0285. The number of nitrogens with two attached hydrogens (primary N) is 1. The zero-order valence-corrected chi connectivity index (χ0v) is 13.3. The Hall–Kier alpha value is -2.00. The molecule has 1 atom stereocenters. The van der Waals surface area contributed by atoms with Crippen LogP contribution < -0.4 is 15.4 Å². The van der Waals surface area contributed by atoms with E-state index in [9.17, 15) is 0 Å². The standard InChI is InChI=1S/C18H24N2O/c1-13-9-10-15(11-14(13)2)16(19)12-20(3)17-7-5-6-8-18(17)21-4/h5-11,16H,12,19H2,1-4H3. The topological polar surface area (TPSA) is 38.5 Å². The van der Waals surface area contributed by atoms with Crippen molar-refractivity contribution in [3.8, 4) is 5.75 Å². The summed E-state index contributed by atoms with van der Waals surface area (Å²) in [7, 11) is 3.73. The lowest BCUT2D eigenvalue weighted by Gasteiger charge is -2.25. The van der Waals surface area contributed by atoms with Gasteiger partial charge in [-0.05, 0) is 42.7 Å². The van der Waals surface area contributed by atoms with Gasteiger partial charge >= 0.3 is 0 Å². The second-order valence-electron chi connectivity index (χ2n) is 5.50. The quantitative estimate of drug-likeness (QED) is 0.914. The SMILES string of the molecule is COc1ccccc1N(C)CC(N)c1ccc(C)c(C)c1. The second-order valence-corrected chi connectivity index (χ2v) is 5.50. The Morgan fingerprint density at radius 1 is 1.10 bits per heavy atom. The average molecular weight is 284 g/mol. The summed E-state index contributed by atoms with van der Waals surface area (Å²) in [4.78, 5) is 2.14. The second kappa shape index (κ2) is 6.64. The third-order valence-corrected chi connectivity index (χ3v) is 3.93. The Labute approximate surface area is 127 Å². The van der Waals surface area contributed by atoms with Crippen molar-refractivity contribution in [1.82, 2.24) is 0 Å². The van der Waals surface area contributed by atoms with Gasteiger partial charge in [0.15, 0.2) is 0 Å². The highest BCUT2D eigenvalue weighted by molar-refractivity contribution is 5.58. The van der Waals surface area contributed by atoms with E-state index in [1.807, 2.05) is 31.3 Å². The molecule has 3 heteroatoms. The minimum atomic E-state index is -0.0285. The number of hydrogen-bond donors (Lipinski definition) is 1. The lowest BCUT2D eigenvalue weighted by atomic mass is 10.0. The van der Waals surface area contributed by atoms with Crippen LogP contribution in [0.5, 0.6) is 5.75 Å². The fourth-order valence-electron chi connectivity index (χ4n) is 2.44. The first-order chi connectivity index (χ1) is 10.0. The lowest BCUT2D eigenvalue weighted by molar-refractivity contribution is 0.414. The smallest absolute Gasteiger partial charge is 0.142 e. The number of para-hydroxylation sites is 2. The highest BCUT2D eigenvalue weighted by Crippen LogP contribution is 2.28. The average Bonchev–Trinajstić information content (AvgIpc) is 2.49. The molecule has 0 saturated heterocycles. The van der Waals surface area contributed by atoms with Crippen LogP contribution in [-0.4, -0.2) is 20.7 Å². The van der Waals surface area contributed by atoms with Gasteiger partial charge in [0.2, 0.25) is 0 Å². The number of aryl methyl sites for hydroxylation is 2. The van der Waals surface area contributed by atoms with Crippen LogP contribution in [0.15, 0.2) is 42.5 Å². The maximum Gasteiger partial charge on any atom is 0.142 e. The highest BCUT2D eigenvalue weighted by atomic mass is 16.5. The van der Waals surface area contributed by atoms with E-state index in [0.717, 1.165) is 18.0 Å². The predicted octanol–water partition coefficient (Wildman–Crippen LogP) is 3.45. The molecule has 0 aliphatic rings. The number of ether oxygens (including phenoxy) is 1. The summed E-state index contributed by atoms with van der Waals surface area (Å²) >= 11 is 0. The van der Waals surface area contributed by atoms with Crippen LogP contribution in [0, 0.1) is 13.8 Å². The number of methoxy groups -OCH3 is 1. The van der Waals surface area contributed by atoms with Crippen LogP contribution in [0.1, 0.15) is 22.7 Å². The van der Waals surface area contributed by atoms with Gasteiger partial charge in [-0.2, -0.15) is 0 Å². The van der Waals surface area contributed by atoms with Crippen molar-refractivity contribution >= 4 is 5.69 Å². The van der Waals surface area contributed by atoms with Crippen LogP contribution in [0.2, 0.25) is 0 Å². The van der Waals surface area contributed by atoms with E-state index in [1.54, 1.807) is 7.11 Å². The van der Waals surface area contributed by atoms with E-state index in [1.165, 1.54) is 16.7 Å². The van der Waals surface area contributed by atoms with Gasteiger partial charge < -0.3 is 15.4 Å². The van der Waals surface area contributed by atoms with Crippen LogP contribution in [0.25, 0.3) is 0 Å². The summed E-state index contributed by atoms with van der Waals surface area (Å²) in [6.45, 7) is 4.98. The van der Waals surface area contributed by atoms with Crippen LogP contribution >= 0.6 is 0 Å². The number of benzene rings is 2. The Morgan fingerprint density at radius 3 is 2.48 bits per heavy atom. The molecule has 2 aromatic rings. The van der Waals surface area contributed by atoms with E-state index in [0.29, 0.717) is 0 Å². The molecule has 2 N–H and O–H groups in total. The largest absolute Gasteiger partial charge is 0.495 e. The Bertz CT molecular complexity index is 610. The number of hydrogen-bond acceptors (Lipinski definition) is 3. The third-order valence-electron chi connectivity index (χ3n) is 3.93. The maximum absolute atomic E-state index is 6.36. The van der Waals surface area contributed by atoms with Crippen LogP contribution in [-0.2, 0) is 0 Å². The van der Waals surface area contributed by atoms with Crippen molar-refractivity contribution < 1.29 is 4.74 Å². The summed E-state index contributed by atoms with van der Waals surface area (Å²) in [5, 5.41) is 0. The first-order valence-electron chi connectivity index (χ1n) is 7.20. The number of rotatable bonds is 5. The summed E-state index contributed by atoms with van der Waals surface area (Å²) in [5.74, 6) is 0.868. The third kappa shape index (κ3) is 3.56. The van der Waals surface area contributed by atoms with Crippen LogP contribution in [0.3, 0.4) is 0 Å². The first kappa shape index (κ1) is 15.4. The molecular weight excluding hydrogens is 260 g/mol. The van der Waals surface area contributed by atoms with Crippen molar-refractivity contribution in [2.45, 2.75) is 19.9 Å². The van der Waals surface area contributed by atoms with Crippen molar-refractivity contribution in [3.05, 3.63) is 59.2 Å². The molecule has 2 aromatic carbocycles. The van der Waals surface area contributed by atoms with Crippen molar-refractivity contribution in [3.63, 3.8) is 0 Å². The molecule has 1 unspecified atom stereocenters. The molecule has 21 heavy (non-hydrogen) atoms. The fourth-order valence-corrected chi connectivity index (χ4v) is 2.44. The van der Waals surface area contributed by atoms with E-state index in [2.05, 4.69) is 36.9 Å². The maximum atomic E-state index is 6.36. The Kier molecular flexibility index (Phi) is 4.86. The molecule has 3 nitrogen and oxygen atoms in total.